The Hall–Kier alpha value is -3.15. The number of benzene rings is 2. The van der Waals surface area contributed by atoms with Gasteiger partial charge in [-0.2, -0.15) is 0 Å². The Bertz CT molecular complexity index is 1080. The molecule has 1 aliphatic rings. The molecule has 2 heterocycles. The molecule has 4 rings (SSSR count). The number of amides is 2. The number of hydrogen-bond donors (Lipinski definition) is 1. The van der Waals surface area contributed by atoms with Crippen LogP contribution in [0.15, 0.2) is 53.6 Å². The summed E-state index contributed by atoms with van der Waals surface area (Å²) < 4.78 is 1.73. The standard InChI is InChI=1S/C22H24N4O2/c1-15-6-3-4-9-19(15)24-22(28)25-12-10-17(11-13-25)26-14-23-20-16(2)7-5-8-18(20)21(26)27/h3-9,14,17H,10-13H2,1-2H3,(H,24,28). The Morgan fingerprint density at radius 1 is 1.04 bits per heavy atom. The van der Waals surface area contributed by atoms with Crippen molar-refractivity contribution in [3.8, 4) is 0 Å². The Labute approximate surface area is 163 Å². The van der Waals surface area contributed by atoms with Crippen LogP contribution in [0.1, 0.15) is 30.0 Å². The lowest BCUT2D eigenvalue weighted by atomic mass is 10.0. The van der Waals surface area contributed by atoms with Crippen LogP contribution >= 0.6 is 0 Å². The van der Waals surface area contributed by atoms with Crippen LogP contribution in [0.4, 0.5) is 10.5 Å². The molecule has 1 saturated heterocycles. The lowest BCUT2D eigenvalue weighted by Crippen LogP contribution is -2.42. The van der Waals surface area contributed by atoms with Crippen LogP contribution in [0.2, 0.25) is 0 Å². The van der Waals surface area contributed by atoms with E-state index < -0.39 is 0 Å². The van der Waals surface area contributed by atoms with Crippen LogP contribution < -0.4 is 10.9 Å². The first kappa shape index (κ1) is 18.2. The highest BCUT2D eigenvalue weighted by molar-refractivity contribution is 5.90. The van der Waals surface area contributed by atoms with E-state index in [-0.39, 0.29) is 17.6 Å². The molecule has 144 valence electrons. The molecule has 28 heavy (non-hydrogen) atoms. The summed E-state index contributed by atoms with van der Waals surface area (Å²) >= 11 is 0. The Morgan fingerprint density at radius 2 is 1.75 bits per heavy atom. The number of anilines is 1. The second-order valence-corrected chi connectivity index (χ2v) is 7.39. The molecule has 0 atom stereocenters. The van der Waals surface area contributed by atoms with E-state index in [0.717, 1.165) is 35.2 Å². The zero-order valence-corrected chi connectivity index (χ0v) is 16.2. The van der Waals surface area contributed by atoms with E-state index in [2.05, 4.69) is 10.3 Å². The molecule has 0 unspecified atom stereocenters. The number of fused-ring (bicyclic) bond motifs is 1. The van der Waals surface area contributed by atoms with Crippen molar-refractivity contribution in [2.45, 2.75) is 32.7 Å². The number of para-hydroxylation sites is 2. The van der Waals surface area contributed by atoms with Crippen molar-refractivity contribution in [3.63, 3.8) is 0 Å². The second kappa shape index (κ2) is 7.46. The number of carbonyl (C=O) groups is 1. The van der Waals surface area contributed by atoms with E-state index in [1.54, 1.807) is 10.9 Å². The molecule has 1 N–H and O–H groups in total. The summed E-state index contributed by atoms with van der Waals surface area (Å²) in [6.45, 7) is 5.16. The molecule has 0 saturated carbocycles. The van der Waals surface area contributed by atoms with E-state index in [0.29, 0.717) is 18.5 Å². The lowest BCUT2D eigenvalue weighted by Gasteiger charge is -2.33. The molecular formula is C22H24N4O2. The van der Waals surface area contributed by atoms with Gasteiger partial charge in [0, 0.05) is 24.8 Å². The van der Waals surface area contributed by atoms with Crippen LogP contribution in [-0.4, -0.2) is 33.6 Å². The van der Waals surface area contributed by atoms with Gasteiger partial charge in [-0.15, -0.1) is 0 Å². The highest BCUT2D eigenvalue weighted by Crippen LogP contribution is 2.23. The predicted molar refractivity (Wildman–Crippen MR) is 111 cm³/mol. The minimum absolute atomic E-state index is 0.00323. The highest BCUT2D eigenvalue weighted by Gasteiger charge is 2.25. The molecule has 0 bridgehead atoms. The fraction of sp³-hybridized carbons (Fsp3) is 0.318. The third-order valence-electron chi connectivity index (χ3n) is 5.55. The van der Waals surface area contributed by atoms with Gasteiger partial charge in [0.15, 0.2) is 0 Å². The van der Waals surface area contributed by atoms with Gasteiger partial charge in [0.2, 0.25) is 0 Å². The molecule has 3 aromatic rings. The quantitative estimate of drug-likeness (QED) is 0.738. The van der Waals surface area contributed by atoms with Crippen molar-refractivity contribution in [2.75, 3.05) is 18.4 Å². The second-order valence-electron chi connectivity index (χ2n) is 7.39. The van der Waals surface area contributed by atoms with Crippen molar-refractivity contribution in [3.05, 3.63) is 70.3 Å². The topological polar surface area (TPSA) is 67.2 Å². The van der Waals surface area contributed by atoms with Gasteiger partial charge in [-0.1, -0.05) is 30.3 Å². The van der Waals surface area contributed by atoms with Gasteiger partial charge in [-0.05, 0) is 49.9 Å². The first-order valence-corrected chi connectivity index (χ1v) is 9.62. The summed E-state index contributed by atoms with van der Waals surface area (Å²) in [6, 6.07) is 13.4. The highest BCUT2D eigenvalue weighted by atomic mass is 16.2. The molecule has 0 radical (unpaired) electrons. The van der Waals surface area contributed by atoms with Crippen molar-refractivity contribution >= 4 is 22.6 Å². The van der Waals surface area contributed by atoms with Crippen LogP contribution in [0.5, 0.6) is 0 Å². The first-order valence-electron chi connectivity index (χ1n) is 9.62. The van der Waals surface area contributed by atoms with Gasteiger partial charge in [0.1, 0.15) is 0 Å². The van der Waals surface area contributed by atoms with Gasteiger partial charge in [0.05, 0.1) is 17.2 Å². The maximum atomic E-state index is 12.9. The van der Waals surface area contributed by atoms with Crippen molar-refractivity contribution in [2.24, 2.45) is 0 Å². The van der Waals surface area contributed by atoms with Crippen LogP contribution in [-0.2, 0) is 0 Å². The minimum atomic E-state index is -0.0904. The number of carbonyl (C=O) groups excluding carboxylic acids is 1. The third-order valence-corrected chi connectivity index (χ3v) is 5.55. The monoisotopic (exact) mass is 376 g/mol. The summed E-state index contributed by atoms with van der Waals surface area (Å²) in [7, 11) is 0. The molecule has 2 aromatic carbocycles. The largest absolute Gasteiger partial charge is 0.324 e. The summed E-state index contributed by atoms with van der Waals surface area (Å²) in [6.07, 6.45) is 3.13. The van der Waals surface area contributed by atoms with Gasteiger partial charge in [0.25, 0.3) is 5.56 Å². The number of aryl methyl sites for hydroxylation is 2. The molecule has 6 nitrogen and oxygen atoms in total. The molecule has 2 amide bonds. The number of nitrogens with one attached hydrogen (secondary N) is 1. The fourth-order valence-electron chi connectivity index (χ4n) is 3.83. The van der Waals surface area contributed by atoms with Crippen molar-refractivity contribution in [1.82, 2.24) is 14.5 Å². The lowest BCUT2D eigenvalue weighted by molar-refractivity contribution is 0.182. The number of hydrogen-bond acceptors (Lipinski definition) is 3. The molecule has 1 aromatic heterocycles. The molecule has 0 aliphatic carbocycles. The Balaban J connectivity index is 1.46. The molecule has 1 fully saturated rings. The van der Waals surface area contributed by atoms with E-state index >= 15 is 0 Å². The van der Waals surface area contributed by atoms with Gasteiger partial charge in [-0.25, -0.2) is 9.78 Å². The van der Waals surface area contributed by atoms with Crippen LogP contribution in [0.25, 0.3) is 10.9 Å². The van der Waals surface area contributed by atoms with Crippen LogP contribution in [0, 0.1) is 13.8 Å². The third kappa shape index (κ3) is 3.38. The number of urea groups is 1. The summed E-state index contributed by atoms with van der Waals surface area (Å²) in [5, 5.41) is 3.64. The van der Waals surface area contributed by atoms with E-state index in [1.165, 1.54) is 0 Å². The average molecular weight is 376 g/mol. The van der Waals surface area contributed by atoms with E-state index in [1.807, 2.05) is 61.2 Å². The Morgan fingerprint density at radius 3 is 2.50 bits per heavy atom. The predicted octanol–water partition coefficient (Wildman–Crippen LogP) is 3.88. The van der Waals surface area contributed by atoms with Crippen molar-refractivity contribution < 1.29 is 4.79 Å². The zero-order chi connectivity index (χ0) is 19.7. The molecular weight excluding hydrogens is 352 g/mol. The zero-order valence-electron chi connectivity index (χ0n) is 16.2. The maximum Gasteiger partial charge on any atom is 0.321 e. The number of nitrogens with zero attached hydrogens (tertiary/aromatic N) is 3. The smallest absolute Gasteiger partial charge is 0.321 e. The number of rotatable bonds is 2. The van der Waals surface area contributed by atoms with Gasteiger partial charge in [-0.3, -0.25) is 9.36 Å². The number of aromatic nitrogens is 2. The summed E-state index contributed by atoms with van der Waals surface area (Å²) in [4.78, 5) is 31.8. The SMILES string of the molecule is Cc1ccccc1NC(=O)N1CCC(n2cnc3c(C)cccc3c2=O)CC1. The number of piperidine rings is 1. The summed E-state index contributed by atoms with van der Waals surface area (Å²) in [5.74, 6) is 0. The van der Waals surface area contributed by atoms with Crippen LogP contribution in [0.3, 0.4) is 0 Å². The van der Waals surface area contributed by atoms with Crippen molar-refractivity contribution in [1.29, 1.82) is 0 Å². The number of likely N-dealkylation sites (tertiary alicyclic amines) is 1. The van der Waals surface area contributed by atoms with Gasteiger partial charge >= 0.3 is 6.03 Å². The average Bonchev–Trinajstić information content (AvgIpc) is 2.71. The fourth-order valence-corrected chi connectivity index (χ4v) is 3.83. The molecule has 0 spiro atoms. The van der Waals surface area contributed by atoms with Gasteiger partial charge < -0.3 is 10.2 Å². The maximum absolute atomic E-state index is 12.9. The summed E-state index contributed by atoms with van der Waals surface area (Å²) in [5.41, 5.74) is 3.63. The van der Waals surface area contributed by atoms with E-state index in [4.69, 9.17) is 0 Å². The minimum Gasteiger partial charge on any atom is -0.324 e. The van der Waals surface area contributed by atoms with E-state index in [9.17, 15) is 9.59 Å². The Kier molecular flexibility index (Phi) is 4.86. The molecule has 1 aliphatic heterocycles. The normalized spacial score (nSPS) is 15.0. The first-order chi connectivity index (χ1) is 13.5. The molecule has 6 heteroatoms.